The van der Waals surface area contributed by atoms with Crippen LogP contribution in [0.15, 0.2) is 18.2 Å². The van der Waals surface area contributed by atoms with Gasteiger partial charge in [0.05, 0.1) is 17.7 Å². The molecule has 1 aromatic rings. The van der Waals surface area contributed by atoms with Crippen LogP contribution in [0.4, 0.5) is 0 Å². The zero-order chi connectivity index (χ0) is 21.2. The molecule has 3 fully saturated rings. The third-order valence-corrected chi connectivity index (χ3v) is 10.6. The predicted octanol–water partition coefficient (Wildman–Crippen LogP) is 5.63. The van der Waals surface area contributed by atoms with E-state index in [1.54, 1.807) is 18.2 Å². The van der Waals surface area contributed by atoms with Crippen LogP contribution in [0.25, 0.3) is 0 Å². The summed E-state index contributed by atoms with van der Waals surface area (Å²) >= 11 is 12.5. The first-order valence-corrected chi connectivity index (χ1v) is 12.9. The first kappa shape index (κ1) is 21.5. The summed E-state index contributed by atoms with van der Waals surface area (Å²) in [5.74, 6) is -0.305. The number of sulfonamides is 1. The number of carbonyl (C=O) groups excluding carboxylic acids is 1. The molecule has 160 valence electrons. The minimum atomic E-state index is -3.64. The van der Waals surface area contributed by atoms with E-state index < -0.39 is 15.9 Å². The topological polar surface area (TPSA) is 54.5 Å². The highest BCUT2D eigenvalue weighted by atomic mass is 35.5. The van der Waals surface area contributed by atoms with E-state index in [1.165, 1.54) is 4.31 Å². The van der Waals surface area contributed by atoms with Crippen molar-refractivity contribution in [1.29, 1.82) is 0 Å². The highest BCUT2D eigenvalue weighted by Crippen LogP contribution is 2.70. The van der Waals surface area contributed by atoms with E-state index in [-0.39, 0.29) is 28.5 Å². The SMILES string of the molecule is CCCC[C@H](C(=O)N1C2CC3CCC2(CS1(=O)=O)C3(C)C)c1ccc(Cl)cc1Cl. The number of fused-ring (bicyclic) bond motifs is 1. The second-order valence-corrected chi connectivity index (χ2v) is 12.3. The fourth-order valence-corrected chi connectivity index (χ4v) is 9.45. The maximum atomic E-state index is 13.8. The number of hydrogen-bond donors (Lipinski definition) is 0. The monoisotopic (exact) mass is 457 g/mol. The highest BCUT2D eigenvalue weighted by molar-refractivity contribution is 7.90. The molecule has 7 heteroatoms. The largest absolute Gasteiger partial charge is 0.273 e. The molecule has 2 aliphatic carbocycles. The van der Waals surface area contributed by atoms with Gasteiger partial charge in [-0.15, -0.1) is 0 Å². The highest BCUT2D eigenvalue weighted by Gasteiger charge is 2.72. The van der Waals surface area contributed by atoms with Gasteiger partial charge in [-0.2, -0.15) is 0 Å². The van der Waals surface area contributed by atoms with E-state index in [0.29, 0.717) is 27.9 Å². The third-order valence-electron chi connectivity index (χ3n) is 8.11. The molecular formula is C22H29Cl2NO3S. The lowest BCUT2D eigenvalue weighted by molar-refractivity contribution is -0.130. The van der Waals surface area contributed by atoms with E-state index in [9.17, 15) is 13.2 Å². The molecule has 3 aliphatic rings. The van der Waals surface area contributed by atoms with Crippen LogP contribution in [0, 0.1) is 16.7 Å². The maximum absolute atomic E-state index is 13.8. The normalized spacial score (nSPS) is 32.4. The number of halogens is 2. The molecule has 4 nitrogen and oxygen atoms in total. The summed E-state index contributed by atoms with van der Waals surface area (Å²) in [6.07, 6.45) is 5.06. The van der Waals surface area contributed by atoms with Gasteiger partial charge in [0.25, 0.3) is 0 Å². The molecule has 1 aliphatic heterocycles. The number of amides is 1. The Kier molecular flexibility index (Phi) is 5.28. The van der Waals surface area contributed by atoms with Gasteiger partial charge in [0.1, 0.15) is 0 Å². The molecule has 1 aromatic carbocycles. The molecule has 0 aromatic heterocycles. The molecule has 2 saturated carbocycles. The summed E-state index contributed by atoms with van der Waals surface area (Å²) in [5.41, 5.74) is 0.301. The van der Waals surface area contributed by atoms with Gasteiger partial charge in [0.15, 0.2) is 0 Å². The standard InChI is InChI=1S/C22H29Cl2NO3S/c1-4-5-6-17(16-8-7-15(23)12-18(16)24)20(26)25-19-11-14-9-10-22(19,21(14,2)3)13-29(25,27)28/h7-8,12,14,17,19H,4-6,9-11,13H2,1-3H3/t14?,17-,19?,22?/m0/s1. The van der Waals surface area contributed by atoms with E-state index in [4.69, 9.17) is 23.2 Å². The van der Waals surface area contributed by atoms with Gasteiger partial charge in [0.2, 0.25) is 15.9 Å². The van der Waals surface area contributed by atoms with Crippen LogP contribution in [-0.4, -0.2) is 30.4 Å². The number of carbonyl (C=O) groups is 1. The summed E-state index contributed by atoms with van der Waals surface area (Å²) in [6, 6.07) is 4.90. The van der Waals surface area contributed by atoms with Crippen LogP contribution >= 0.6 is 23.2 Å². The van der Waals surface area contributed by atoms with Crippen molar-refractivity contribution in [3.8, 4) is 0 Å². The maximum Gasteiger partial charge on any atom is 0.243 e. The Morgan fingerprint density at radius 1 is 1.31 bits per heavy atom. The van der Waals surface area contributed by atoms with Crippen LogP contribution < -0.4 is 0 Å². The number of nitrogens with zero attached hydrogens (tertiary/aromatic N) is 1. The van der Waals surface area contributed by atoms with Crippen molar-refractivity contribution in [2.45, 2.75) is 71.3 Å². The lowest BCUT2D eigenvalue weighted by atomic mass is 9.69. The molecule has 29 heavy (non-hydrogen) atoms. The van der Waals surface area contributed by atoms with Gasteiger partial charge in [-0.1, -0.05) is 62.9 Å². The molecule has 1 spiro atoms. The van der Waals surface area contributed by atoms with Crippen LogP contribution in [0.1, 0.15) is 70.8 Å². The number of rotatable bonds is 5. The summed E-state index contributed by atoms with van der Waals surface area (Å²) in [4.78, 5) is 13.8. The van der Waals surface area contributed by atoms with Crippen molar-refractivity contribution in [2.75, 3.05) is 5.75 Å². The van der Waals surface area contributed by atoms with Gasteiger partial charge in [0, 0.05) is 15.5 Å². The zero-order valence-electron chi connectivity index (χ0n) is 17.2. The summed E-state index contributed by atoms with van der Waals surface area (Å²) in [5, 5.41) is 0.926. The first-order chi connectivity index (χ1) is 13.5. The van der Waals surface area contributed by atoms with E-state index in [1.807, 2.05) is 0 Å². The Morgan fingerprint density at radius 3 is 2.66 bits per heavy atom. The van der Waals surface area contributed by atoms with Gasteiger partial charge in [-0.05, 0) is 54.7 Å². The second kappa shape index (κ2) is 7.13. The average molecular weight is 458 g/mol. The first-order valence-electron chi connectivity index (χ1n) is 10.6. The van der Waals surface area contributed by atoms with Crippen LogP contribution in [0.3, 0.4) is 0 Å². The van der Waals surface area contributed by atoms with Crippen LogP contribution in [0.5, 0.6) is 0 Å². The van der Waals surface area contributed by atoms with Crippen LogP contribution in [-0.2, 0) is 14.8 Å². The lowest BCUT2D eigenvalue weighted by Gasteiger charge is -2.37. The minimum Gasteiger partial charge on any atom is -0.273 e. The van der Waals surface area contributed by atoms with Gasteiger partial charge < -0.3 is 0 Å². The summed E-state index contributed by atoms with van der Waals surface area (Å²) < 4.78 is 27.9. The van der Waals surface area contributed by atoms with E-state index >= 15 is 0 Å². The molecule has 0 N–H and O–H groups in total. The Bertz CT molecular complexity index is 945. The van der Waals surface area contributed by atoms with Gasteiger partial charge in [-0.25, -0.2) is 12.7 Å². The molecule has 1 amide bonds. The molecule has 1 heterocycles. The number of unbranched alkanes of at least 4 members (excludes halogenated alkanes) is 1. The minimum absolute atomic E-state index is 0.0589. The average Bonchev–Trinajstić information content (AvgIpc) is 3.10. The lowest BCUT2D eigenvalue weighted by Crippen LogP contribution is -2.45. The fraction of sp³-hybridized carbons (Fsp3) is 0.682. The molecule has 4 rings (SSSR count). The van der Waals surface area contributed by atoms with Crippen molar-refractivity contribution >= 4 is 39.1 Å². The van der Waals surface area contributed by atoms with Crippen molar-refractivity contribution in [2.24, 2.45) is 16.7 Å². The van der Waals surface area contributed by atoms with E-state index in [2.05, 4.69) is 20.8 Å². The molecule has 1 saturated heterocycles. The summed E-state index contributed by atoms with van der Waals surface area (Å²) in [6.45, 7) is 6.45. The van der Waals surface area contributed by atoms with Crippen molar-refractivity contribution in [3.63, 3.8) is 0 Å². The Hall–Kier alpha value is -0.780. The van der Waals surface area contributed by atoms with Gasteiger partial charge in [-0.3, -0.25) is 4.79 Å². The second-order valence-electron chi connectivity index (χ2n) is 9.62. The molecule has 0 radical (unpaired) electrons. The summed E-state index contributed by atoms with van der Waals surface area (Å²) in [7, 11) is -3.64. The molecule has 4 atom stereocenters. The Morgan fingerprint density at radius 2 is 2.03 bits per heavy atom. The van der Waals surface area contributed by atoms with Crippen LogP contribution in [0.2, 0.25) is 10.0 Å². The number of hydrogen-bond acceptors (Lipinski definition) is 3. The Labute approximate surface area is 184 Å². The molecule has 3 unspecified atom stereocenters. The third kappa shape index (κ3) is 3.06. The zero-order valence-corrected chi connectivity index (χ0v) is 19.6. The smallest absolute Gasteiger partial charge is 0.243 e. The number of benzene rings is 1. The predicted molar refractivity (Wildman–Crippen MR) is 117 cm³/mol. The fourth-order valence-electron chi connectivity index (χ4n) is 6.34. The Balaban J connectivity index is 1.74. The van der Waals surface area contributed by atoms with Crippen molar-refractivity contribution in [3.05, 3.63) is 33.8 Å². The van der Waals surface area contributed by atoms with Gasteiger partial charge >= 0.3 is 0 Å². The van der Waals surface area contributed by atoms with Crippen molar-refractivity contribution < 1.29 is 13.2 Å². The molecular weight excluding hydrogens is 429 g/mol. The molecule has 2 bridgehead atoms. The quantitative estimate of drug-likeness (QED) is 0.574. The van der Waals surface area contributed by atoms with E-state index in [0.717, 1.165) is 32.1 Å². The van der Waals surface area contributed by atoms with Crippen molar-refractivity contribution in [1.82, 2.24) is 4.31 Å².